The molecule has 5 rings (SSSR count). The molecule has 0 aromatic carbocycles. The standard InChI is InChI=1S/C21H25N7O/c1-3-17-18(22-5-1)13-19(27-9-11-29-12-10-27)26-20(17)28-14-16(15-28)4-8-25-21-23-6-2-7-24-21/h1-3,5-7,13,16H,4,8-12,14-15H2,(H,23,24,25). The van der Waals surface area contributed by atoms with Crippen molar-refractivity contribution in [1.82, 2.24) is 19.9 Å². The molecular formula is C21H25N7O. The molecule has 0 radical (unpaired) electrons. The van der Waals surface area contributed by atoms with Gasteiger partial charge in [0, 0.05) is 62.8 Å². The number of fused-ring (bicyclic) bond motifs is 1. The molecule has 3 aromatic rings. The fourth-order valence-electron chi connectivity index (χ4n) is 3.94. The van der Waals surface area contributed by atoms with E-state index in [1.165, 1.54) is 0 Å². The number of ether oxygens (including phenoxy) is 1. The Morgan fingerprint density at radius 2 is 1.79 bits per heavy atom. The third-order valence-electron chi connectivity index (χ3n) is 5.56. The van der Waals surface area contributed by atoms with Crippen molar-refractivity contribution < 1.29 is 4.74 Å². The molecule has 150 valence electrons. The average molecular weight is 391 g/mol. The maximum atomic E-state index is 5.49. The first-order valence-electron chi connectivity index (χ1n) is 10.2. The van der Waals surface area contributed by atoms with Gasteiger partial charge in [-0.2, -0.15) is 0 Å². The maximum absolute atomic E-state index is 5.49. The van der Waals surface area contributed by atoms with Gasteiger partial charge in [-0.25, -0.2) is 15.0 Å². The predicted molar refractivity (Wildman–Crippen MR) is 113 cm³/mol. The first kappa shape index (κ1) is 18.1. The Balaban J connectivity index is 1.26. The third kappa shape index (κ3) is 3.93. The topological polar surface area (TPSA) is 79.3 Å². The summed E-state index contributed by atoms with van der Waals surface area (Å²) < 4.78 is 5.49. The quantitative estimate of drug-likeness (QED) is 0.685. The fraction of sp³-hybridized carbons (Fsp3) is 0.429. The number of hydrogen-bond acceptors (Lipinski definition) is 8. The van der Waals surface area contributed by atoms with Crippen molar-refractivity contribution in [3.63, 3.8) is 0 Å². The van der Waals surface area contributed by atoms with Crippen LogP contribution in [0.2, 0.25) is 0 Å². The molecule has 2 aliphatic rings. The van der Waals surface area contributed by atoms with Gasteiger partial charge < -0.3 is 19.9 Å². The number of nitrogens with one attached hydrogen (secondary N) is 1. The highest BCUT2D eigenvalue weighted by atomic mass is 16.5. The number of hydrogen-bond donors (Lipinski definition) is 1. The monoisotopic (exact) mass is 391 g/mol. The zero-order chi connectivity index (χ0) is 19.5. The number of morpholine rings is 1. The Bertz CT molecular complexity index is 956. The van der Waals surface area contributed by atoms with Crippen molar-refractivity contribution in [2.45, 2.75) is 6.42 Å². The smallest absolute Gasteiger partial charge is 0.222 e. The minimum Gasteiger partial charge on any atom is -0.378 e. The molecule has 0 saturated carbocycles. The Kier molecular flexibility index (Phi) is 5.08. The largest absolute Gasteiger partial charge is 0.378 e. The summed E-state index contributed by atoms with van der Waals surface area (Å²) in [5, 5.41) is 4.42. The summed E-state index contributed by atoms with van der Waals surface area (Å²) in [4.78, 5) is 22.7. The summed E-state index contributed by atoms with van der Waals surface area (Å²) in [5.41, 5.74) is 1.00. The van der Waals surface area contributed by atoms with E-state index >= 15 is 0 Å². The van der Waals surface area contributed by atoms with Crippen molar-refractivity contribution in [3.05, 3.63) is 42.9 Å². The van der Waals surface area contributed by atoms with Crippen LogP contribution in [-0.2, 0) is 4.74 Å². The molecular weight excluding hydrogens is 366 g/mol. The summed E-state index contributed by atoms with van der Waals surface area (Å²) >= 11 is 0. The van der Waals surface area contributed by atoms with Crippen molar-refractivity contribution in [2.75, 3.05) is 61.1 Å². The lowest BCUT2D eigenvalue weighted by atomic mass is 9.96. The first-order valence-corrected chi connectivity index (χ1v) is 10.2. The van der Waals surface area contributed by atoms with Crippen LogP contribution < -0.4 is 15.1 Å². The van der Waals surface area contributed by atoms with Gasteiger partial charge in [0.1, 0.15) is 11.6 Å². The molecule has 0 spiro atoms. The lowest BCUT2D eigenvalue weighted by molar-refractivity contribution is 0.122. The van der Waals surface area contributed by atoms with Crippen LogP contribution in [-0.4, -0.2) is 65.9 Å². The molecule has 2 aliphatic heterocycles. The van der Waals surface area contributed by atoms with Crippen molar-refractivity contribution in [2.24, 2.45) is 5.92 Å². The molecule has 0 amide bonds. The van der Waals surface area contributed by atoms with Gasteiger partial charge in [0.05, 0.1) is 18.7 Å². The van der Waals surface area contributed by atoms with Crippen molar-refractivity contribution in [3.8, 4) is 0 Å². The lowest BCUT2D eigenvalue weighted by Crippen LogP contribution is -2.48. The van der Waals surface area contributed by atoms with E-state index in [-0.39, 0.29) is 0 Å². The van der Waals surface area contributed by atoms with Gasteiger partial charge in [-0.05, 0) is 30.5 Å². The summed E-state index contributed by atoms with van der Waals surface area (Å²) in [6.07, 6.45) is 6.46. The fourth-order valence-corrected chi connectivity index (χ4v) is 3.94. The SMILES string of the molecule is c1cnc(NCCC2CN(c3nc(N4CCOCC4)cc4ncccc34)C2)nc1. The number of nitrogens with zero attached hydrogens (tertiary/aromatic N) is 6. The highest BCUT2D eigenvalue weighted by Gasteiger charge is 2.29. The maximum Gasteiger partial charge on any atom is 0.222 e. The molecule has 2 saturated heterocycles. The summed E-state index contributed by atoms with van der Waals surface area (Å²) in [5.74, 6) is 3.39. The molecule has 0 atom stereocenters. The molecule has 5 heterocycles. The molecule has 3 aromatic heterocycles. The molecule has 8 heteroatoms. The molecule has 1 N–H and O–H groups in total. The van der Waals surface area contributed by atoms with Crippen LogP contribution >= 0.6 is 0 Å². The van der Waals surface area contributed by atoms with Crippen molar-refractivity contribution in [1.29, 1.82) is 0 Å². The molecule has 0 unspecified atom stereocenters. The number of anilines is 3. The Morgan fingerprint density at radius 1 is 1.00 bits per heavy atom. The summed E-state index contributed by atoms with van der Waals surface area (Å²) in [7, 11) is 0. The zero-order valence-electron chi connectivity index (χ0n) is 16.4. The van der Waals surface area contributed by atoms with E-state index in [4.69, 9.17) is 9.72 Å². The van der Waals surface area contributed by atoms with Crippen LogP contribution in [0, 0.1) is 5.92 Å². The summed E-state index contributed by atoms with van der Waals surface area (Å²) in [6, 6.07) is 8.04. The van der Waals surface area contributed by atoms with Crippen LogP contribution in [0.1, 0.15) is 6.42 Å². The molecule has 29 heavy (non-hydrogen) atoms. The van der Waals surface area contributed by atoms with E-state index in [9.17, 15) is 0 Å². The Morgan fingerprint density at radius 3 is 2.62 bits per heavy atom. The third-order valence-corrected chi connectivity index (χ3v) is 5.56. The van der Waals surface area contributed by atoms with Crippen molar-refractivity contribution >= 4 is 28.5 Å². The lowest BCUT2D eigenvalue weighted by Gasteiger charge is -2.41. The normalized spacial score (nSPS) is 17.4. The van der Waals surface area contributed by atoms with Crippen LogP contribution in [0.15, 0.2) is 42.9 Å². The van der Waals surface area contributed by atoms with Crippen LogP contribution in [0.3, 0.4) is 0 Å². The highest BCUT2D eigenvalue weighted by Crippen LogP contribution is 2.33. The number of rotatable bonds is 6. The minimum atomic E-state index is 0.645. The minimum absolute atomic E-state index is 0.645. The Labute approximate surface area is 170 Å². The van der Waals surface area contributed by atoms with Gasteiger partial charge in [0.15, 0.2) is 0 Å². The molecule has 0 aliphatic carbocycles. The number of pyridine rings is 2. The highest BCUT2D eigenvalue weighted by molar-refractivity contribution is 5.92. The Hall–Kier alpha value is -3.00. The molecule has 0 bridgehead atoms. The van der Waals surface area contributed by atoms with E-state index in [1.54, 1.807) is 12.4 Å². The van der Waals surface area contributed by atoms with E-state index < -0.39 is 0 Å². The van der Waals surface area contributed by atoms with E-state index in [0.717, 1.165) is 74.9 Å². The van der Waals surface area contributed by atoms with Gasteiger partial charge in [0.25, 0.3) is 0 Å². The predicted octanol–water partition coefficient (Wildman–Crippen LogP) is 2.19. The van der Waals surface area contributed by atoms with Gasteiger partial charge >= 0.3 is 0 Å². The van der Waals surface area contributed by atoms with Gasteiger partial charge in [-0.15, -0.1) is 0 Å². The second-order valence-corrected chi connectivity index (χ2v) is 7.53. The van der Waals surface area contributed by atoms with E-state index in [2.05, 4.69) is 42.2 Å². The zero-order valence-corrected chi connectivity index (χ0v) is 16.4. The van der Waals surface area contributed by atoms with E-state index in [1.807, 2.05) is 18.3 Å². The van der Waals surface area contributed by atoms with Crippen LogP contribution in [0.25, 0.3) is 10.9 Å². The first-order chi connectivity index (χ1) is 14.4. The average Bonchev–Trinajstić information content (AvgIpc) is 2.76. The molecule has 8 nitrogen and oxygen atoms in total. The molecule has 2 fully saturated rings. The van der Waals surface area contributed by atoms with E-state index in [0.29, 0.717) is 11.9 Å². The summed E-state index contributed by atoms with van der Waals surface area (Å²) in [6.45, 7) is 6.16. The second kappa shape index (κ2) is 8.16. The second-order valence-electron chi connectivity index (χ2n) is 7.53. The van der Waals surface area contributed by atoms with Gasteiger partial charge in [0.2, 0.25) is 5.95 Å². The van der Waals surface area contributed by atoms with Gasteiger partial charge in [-0.3, -0.25) is 4.98 Å². The van der Waals surface area contributed by atoms with Crippen LogP contribution in [0.4, 0.5) is 17.6 Å². The van der Waals surface area contributed by atoms with Gasteiger partial charge in [-0.1, -0.05) is 0 Å². The van der Waals surface area contributed by atoms with Crippen LogP contribution in [0.5, 0.6) is 0 Å². The number of aromatic nitrogens is 4.